The lowest BCUT2D eigenvalue weighted by atomic mass is 10.2. The van der Waals surface area contributed by atoms with E-state index in [1.807, 2.05) is 43.0 Å². The molecule has 0 spiro atoms. The van der Waals surface area contributed by atoms with E-state index >= 15 is 0 Å². The number of carbonyl (C=O) groups is 1. The predicted octanol–water partition coefficient (Wildman–Crippen LogP) is 2.56. The Hall–Kier alpha value is -1.55. The smallest absolute Gasteiger partial charge is 0.317 e. The maximum atomic E-state index is 10.8. The van der Waals surface area contributed by atoms with E-state index < -0.39 is 5.97 Å². The van der Waals surface area contributed by atoms with Crippen molar-refractivity contribution in [1.29, 1.82) is 0 Å². The zero-order valence-electron chi connectivity index (χ0n) is 11.9. The summed E-state index contributed by atoms with van der Waals surface area (Å²) in [5.74, 6) is 0.0284. The van der Waals surface area contributed by atoms with Gasteiger partial charge in [0.05, 0.1) is 6.54 Å². The maximum Gasteiger partial charge on any atom is 0.317 e. The van der Waals surface area contributed by atoms with E-state index in [4.69, 9.17) is 9.84 Å². The van der Waals surface area contributed by atoms with Gasteiger partial charge in [-0.2, -0.15) is 0 Å². The second-order valence-electron chi connectivity index (χ2n) is 4.78. The van der Waals surface area contributed by atoms with Crippen molar-refractivity contribution in [1.82, 2.24) is 4.90 Å². The molecule has 0 aromatic heterocycles. The molecule has 1 aromatic carbocycles. The Balaban J connectivity index is 2.43. The number of aliphatic carboxylic acids is 1. The summed E-state index contributed by atoms with van der Waals surface area (Å²) in [5.41, 5.74) is 1.19. The molecule has 1 unspecified atom stereocenters. The van der Waals surface area contributed by atoms with Crippen LogP contribution in [-0.4, -0.2) is 41.7 Å². The van der Waals surface area contributed by atoms with Crippen LogP contribution in [0.15, 0.2) is 24.3 Å². The van der Waals surface area contributed by atoms with Crippen molar-refractivity contribution >= 4 is 5.97 Å². The van der Waals surface area contributed by atoms with Crippen molar-refractivity contribution in [2.45, 2.75) is 33.2 Å². The van der Waals surface area contributed by atoms with Crippen molar-refractivity contribution < 1.29 is 14.6 Å². The van der Waals surface area contributed by atoms with Gasteiger partial charge in [0.1, 0.15) is 12.4 Å². The van der Waals surface area contributed by atoms with E-state index in [9.17, 15) is 4.79 Å². The Bertz CT molecular complexity index is 389. The normalized spacial score (nSPS) is 12.4. The van der Waals surface area contributed by atoms with Gasteiger partial charge >= 0.3 is 5.97 Å². The first-order chi connectivity index (χ1) is 9.02. The highest BCUT2D eigenvalue weighted by atomic mass is 16.5. The van der Waals surface area contributed by atoms with Gasteiger partial charge in [-0.15, -0.1) is 0 Å². The summed E-state index contributed by atoms with van der Waals surface area (Å²) in [5, 5.41) is 8.89. The van der Waals surface area contributed by atoms with Gasteiger partial charge in [0.15, 0.2) is 0 Å². The van der Waals surface area contributed by atoms with Gasteiger partial charge in [-0.1, -0.05) is 24.6 Å². The molecule has 4 nitrogen and oxygen atoms in total. The second kappa shape index (κ2) is 7.79. The molecule has 19 heavy (non-hydrogen) atoms. The molecule has 0 aliphatic rings. The van der Waals surface area contributed by atoms with Crippen LogP contribution in [0.1, 0.15) is 25.8 Å². The highest BCUT2D eigenvalue weighted by molar-refractivity contribution is 5.69. The van der Waals surface area contributed by atoms with Gasteiger partial charge in [-0.05, 0) is 32.4 Å². The molecule has 0 amide bonds. The maximum absolute atomic E-state index is 10.8. The van der Waals surface area contributed by atoms with Gasteiger partial charge < -0.3 is 9.84 Å². The number of carboxylic acid groups (broad SMARTS) is 1. The van der Waals surface area contributed by atoms with E-state index in [0.717, 1.165) is 12.2 Å². The molecule has 0 radical (unpaired) electrons. The third kappa shape index (κ3) is 5.75. The molecule has 1 atom stereocenters. The van der Waals surface area contributed by atoms with Crippen molar-refractivity contribution in [3.8, 4) is 5.75 Å². The number of aryl methyl sites for hydroxylation is 1. The zero-order valence-corrected chi connectivity index (χ0v) is 11.9. The van der Waals surface area contributed by atoms with Crippen LogP contribution in [0.4, 0.5) is 0 Å². The van der Waals surface area contributed by atoms with E-state index in [2.05, 4.69) is 6.92 Å². The third-order valence-electron chi connectivity index (χ3n) is 3.22. The quantitative estimate of drug-likeness (QED) is 0.785. The summed E-state index contributed by atoms with van der Waals surface area (Å²) >= 11 is 0. The molecular formula is C15H23NO3. The Morgan fingerprint density at radius 2 is 2.00 bits per heavy atom. The fourth-order valence-electron chi connectivity index (χ4n) is 1.80. The topological polar surface area (TPSA) is 49.8 Å². The molecule has 0 bridgehead atoms. The van der Waals surface area contributed by atoms with E-state index in [1.165, 1.54) is 5.56 Å². The van der Waals surface area contributed by atoms with Crippen LogP contribution in [0.25, 0.3) is 0 Å². The van der Waals surface area contributed by atoms with Gasteiger partial charge in [0.25, 0.3) is 0 Å². The summed E-state index contributed by atoms with van der Waals surface area (Å²) in [7, 11) is 0. The molecule has 0 saturated heterocycles. The number of nitrogens with zero attached hydrogens (tertiary/aromatic N) is 1. The van der Waals surface area contributed by atoms with Crippen LogP contribution in [0.2, 0.25) is 0 Å². The van der Waals surface area contributed by atoms with Crippen molar-refractivity contribution in [3.63, 3.8) is 0 Å². The molecule has 4 heteroatoms. The third-order valence-corrected chi connectivity index (χ3v) is 3.22. The van der Waals surface area contributed by atoms with Crippen molar-refractivity contribution in [3.05, 3.63) is 29.8 Å². The highest BCUT2D eigenvalue weighted by Crippen LogP contribution is 2.11. The second-order valence-corrected chi connectivity index (χ2v) is 4.78. The highest BCUT2D eigenvalue weighted by Gasteiger charge is 2.15. The zero-order chi connectivity index (χ0) is 14.3. The Kier molecular flexibility index (Phi) is 6.36. The molecule has 0 aliphatic heterocycles. The minimum Gasteiger partial charge on any atom is -0.492 e. The number of ether oxygens (including phenoxy) is 1. The van der Waals surface area contributed by atoms with Crippen LogP contribution in [0, 0.1) is 6.92 Å². The average molecular weight is 265 g/mol. The predicted molar refractivity (Wildman–Crippen MR) is 75.6 cm³/mol. The van der Waals surface area contributed by atoms with Crippen LogP contribution in [0.5, 0.6) is 5.75 Å². The molecule has 0 heterocycles. The fourth-order valence-corrected chi connectivity index (χ4v) is 1.80. The summed E-state index contributed by atoms with van der Waals surface area (Å²) in [6.07, 6.45) is 0.928. The number of hydrogen-bond donors (Lipinski definition) is 1. The number of carboxylic acids is 1. The molecular weight excluding hydrogens is 242 g/mol. The standard InChI is InChI=1S/C15H23NO3/c1-4-13(3)16(11-15(17)18)9-10-19-14-7-5-12(2)6-8-14/h5-8,13H,4,9-11H2,1-3H3,(H,17,18). The summed E-state index contributed by atoms with van der Waals surface area (Å²) < 4.78 is 5.63. The molecule has 1 rings (SSSR count). The first kappa shape index (κ1) is 15.5. The van der Waals surface area contributed by atoms with Gasteiger partial charge in [0.2, 0.25) is 0 Å². The molecule has 0 fully saturated rings. The summed E-state index contributed by atoms with van der Waals surface area (Å²) in [4.78, 5) is 12.7. The fraction of sp³-hybridized carbons (Fsp3) is 0.533. The number of benzene rings is 1. The van der Waals surface area contributed by atoms with Crippen LogP contribution < -0.4 is 4.74 Å². The van der Waals surface area contributed by atoms with E-state index in [1.54, 1.807) is 0 Å². The first-order valence-electron chi connectivity index (χ1n) is 6.68. The minimum atomic E-state index is -0.796. The summed E-state index contributed by atoms with van der Waals surface area (Å²) in [6, 6.07) is 8.11. The summed E-state index contributed by atoms with van der Waals surface area (Å²) in [6.45, 7) is 7.30. The lowest BCUT2D eigenvalue weighted by Gasteiger charge is -2.26. The van der Waals surface area contributed by atoms with Gasteiger partial charge in [-0.3, -0.25) is 9.69 Å². The lowest BCUT2D eigenvalue weighted by molar-refractivity contribution is -0.139. The molecule has 106 valence electrons. The SMILES string of the molecule is CCC(C)N(CCOc1ccc(C)cc1)CC(=O)O. The Morgan fingerprint density at radius 3 is 2.53 bits per heavy atom. The van der Waals surface area contributed by atoms with Crippen LogP contribution >= 0.6 is 0 Å². The van der Waals surface area contributed by atoms with Crippen LogP contribution in [0.3, 0.4) is 0 Å². The molecule has 0 saturated carbocycles. The monoisotopic (exact) mass is 265 g/mol. The Morgan fingerprint density at radius 1 is 1.37 bits per heavy atom. The number of rotatable bonds is 8. The van der Waals surface area contributed by atoms with Crippen molar-refractivity contribution in [2.24, 2.45) is 0 Å². The van der Waals surface area contributed by atoms with Gasteiger partial charge in [-0.25, -0.2) is 0 Å². The first-order valence-corrected chi connectivity index (χ1v) is 6.68. The lowest BCUT2D eigenvalue weighted by Crippen LogP contribution is -2.39. The van der Waals surface area contributed by atoms with E-state index in [-0.39, 0.29) is 12.6 Å². The van der Waals surface area contributed by atoms with Crippen molar-refractivity contribution in [2.75, 3.05) is 19.7 Å². The average Bonchev–Trinajstić information content (AvgIpc) is 2.38. The molecule has 0 aliphatic carbocycles. The number of hydrogen-bond acceptors (Lipinski definition) is 3. The van der Waals surface area contributed by atoms with E-state index in [0.29, 0.717) is 13.2 Å². The Labute approximate surface area is 115 Å². The van der Waals surface area contributed by atoms with Crippen LogP contribution in [-0.2, 0) is 4.79 Å². The largest absolute Gasteiger partial charge is 0.492 e. The molecule has 1 N–H and O–H groups in total. The molecule has 1 aromatic rings. The van der Waals surface area contributed by atoms with Gasteiger partial charge in [0, 0.05) is 12.6 Å². The minimum absolute atomic E-state index is 0.0618.